The topological polar surface area (TPSA) is 35.5 Å². The Hall–Kier alpha value is -1.78. The molecule has 0 bridgehead atoms. The van der Waals surface area contributed by atoms with Crippen molar-refractivity contribution >= 4 is 28.2 Å². The minimum atomic E-state index is -1.63. The monoisotopic (exact) mass is 360 g/mol. The summed E-state index contributed by atoms with van der Waals surface area (Å²) < 4.78 is 10.1. The van der Waals surface area contributed by atoms with Gasteiger partial charge in [-0.2, -0.15) is 0 Å². The minimum Gasteiger partial charge on any atom is -0.497 e. The van der Waals surface area contributed by atoms with E-state index in [1.165, 1.54) is 7.11 Å². The summed E-state index contributed by atoms with van der Waals surface area (Å²) in [6, 6.07) is 5.46. The number of rotatable bonds is 4. The highest BCUT2D eigenvalue weighted by molar-refractivity contribution is 6.86. The molecular weight excluding hydrogens is 332 g/mol. The molecule has 0 saturated carbocycles. The van der Waals surface area contributed by atoms with Crippen LogP contribution in [0.5, 0.6) is 5.75 Å². The van der Waals surface area contributed by atoms with E-state index in [1.807, 2.05) is 18.2 Å². The van der Waals surface area contributed by atoms with Gasteiger partial charge in [0.2, 0.25) is 0 Å². The molecule has 0 aliphatic heterocycles. The molecule has 0 unspecified atom stereocenters. The van der Waals surface area contributed by atoms with Crippen LogP contribution >= 0.6 is 0 Å². The van der Waals surface area contributed by atoms with Crippen LogP contribution in [0.1, 0.15) is 15.9 Å². The molecule has 130 valence electrons. The normalized spacial score (nSPS) is 12.2. The maximum atomic E-state index is 12.1. The third-order valence-corrected chi connectivity index (χ3v) is 6.11. The number of allylic oxidation sites excluding steroid dienone is 1. The molecule has 0 saturated heterocycles. The van der Waals surface area contributed by atoms with E-state index < -0.39 is 16.1 Å². The Kier molecular flexibility index (Phi) is 6.64. The van der Waals surface area contributed by atoms with E-state index in [1.54, 1.807) is 13.2 Å². The van der Waals surface area contributed by atoms with Gasteiger partial charge in [0.1, 0.15) is 13.8 Å². The van der Waals surface area contributed by atoms with Gasteiger partial charge >= 0.3 is 5.97 Å². The van der Waals surface area contributed by atoms with Gasteiger partial charge < -0.3 is 9.47 Å². The standard InChI is InChI=1S/C19H28O3Si2/c1-21-16-10-9-15(18(14-16)19(20)22-2)13-17(24(6,7)8)11-12-23(3,4)5/h9-10,13-14H,1-8H3/b17-13+. The molecule has 1 rings (SSSR count). The van der Waals surface area contributed by atoms with Gasteiger partial charge in [0.05, 0.1) is 27.9 Å². The fraction of sp³-hybridized carbons (Fsp3) is 0.421. The van der Waals surface area contributed by atoms with Gasteiger partial charge in [-0.1, -0.05) is 51.3 Å². The van der Waals surface area contributed by atoms with Gasteiger partial charge in [0, 0.05) is 0 Å². The number of hydrogen-bond acceptors (Lipinski definition) is 3. The fourth-order valence-corrected chi connectivity index (χ4v) is 3.59. The van der Waals surface area contributed by atoms with Crippen molar-refractivity contribution in [2.24, 2.45) is 0 Å². The molecule has 1 aromatic rings. The van der Waals surface area contributed by atoms with Crippen molar-refractivity contribution in [1.82, 2.24) is 0 Å². The highest BCUT2D eigenvalue weighted by Crippen LogP contribution is 2.24. The number of esters is 1. The second kappa shape index (κ2) is 7.86. The molecule has 0 fully saturated rings. The van der Waals surface area contributed by atoms with Crippen LogP contribution in [-0.2, 0) is 4.74 Å². The molecule has 3 nitrogen and oxygen atoms in total. The second-order valence-electron chi connectivity index (χ2n) is 7.75. The number of methoxy groups -OCH3 is 2. The molecule has 0 heterocycles. The Labute approximate surface area is 148 Å². The Bertz CT molecular complexity index is 696. The maximum absolute atomic E-state index is 12.1. The van der Waals surface area contributed by atoms with Gasteiger partial charge in [-0.25, -0.2) is 4.79 Å². The lowest BCUT2D eigenvalue weighted by Gasteiger charge is -2.18. The Morgan fingerprint density at radius 3 is 2.17 bits per heavy atom. The number of carbonyl (C=O) groups is 1. The van der Waals surface area contributed by atoms with Crippen molar-refractivity contribution in [2.75, 3.05) is 14.2 Å². The lowest BCUT2D eigenvalue weighted by Crippen LogP contribution is -2.24. The third kappa shape index (κ3) is 6.02. The molecule has 0 spiro atoms. The molecule has 0 aromatic heterocycles. The van der Waals surface area contributed by atoms with E-state index in [9.17, 15) is 4.79 Å². The van der Waals surface area contributed by atoms with Gasteiger partial charge in [0.15, 0.2) is 0 Å². The summed E-state index contributed by atoms with van der Waals surface area (Å²) in [7, 11) is -0.126. The largest absolute Gasteiger partial charge is 0.497 e. The molecular formula is C19H28O3Si2. The van der Waals surface area contributed by atoms with Crippen LogP contribution in [0.4, 0.5) is 0 Å². The first kappa shape index (κ1) is 20.3. The first-order valence-electron chi connectivity index (χ1n) is 7.99. The highest BCUT2D eigenvalue weighted by atomic mass is 28.3. The first-order valence-corrected chi connectivity index (χ1v) is 15.0. The van der Waals surface area contributed by atoms with Crippen molar-refractivity contribution < 1.29 is 14.3 Å². The maximum Gasteiger partial charge on any atom is 0.338 e. The van der Waals surface area contributed by atoms with E-state index >= 15 is 0 Å². The predicted octanol–water partition coefficient (Wildman–Crippen LogP) is 4.62. The van der Waals surface area contributed by atoms with Crippen molar-refractivity contribution in [2.45, 2.75) is 39.3 Å². The number of ether oxygens (including phenoxy) is 2. The second-order valence-corrected chi connectivity index (χ2v) is 17.5. The smallest absolute Gasteiger partial charge is 0.338 e. The highest BCUT2D eigenvalue weighted by Gasteiger charge is 2.21. The molecule has 0 aliphatic rings. The molecule has 0 amide bonds. The van der Waals surface area contributed by atoms with E-state index in [4.69, 9.17) is 9.47 Å². The zero-order chi connectivity index (χ0) is 18.5. The van der Waals surface area contributed by atoms with Crippen molar-refractivity contribution in [1.29, 1.82) is 0 Å². The van der Waals surface area contributed by atoms with Crippen LogP contribution in [0.3, 0.4) is 0 Å². The minimum absolute atomic E-state index is 0.367. The van der Waals surface area contributed by atoms with Crippen LogP contribution in [0.15, 0.2) is 23.4 Å². The summed E-state index contributed by atoms with van der Waals surface area (Å²) in [4.78, 5) is 12.1. The fourth-order valence-electron chi connectivity index (χ4n) is 1.93. The van der Waals surface area contributed by atoms with Crippen LogP contribution < -0.4 is 4.74 Å². The summed E-state index contributed by atoms with van der Waals surface area (Å²) in [6.45, 7) is 13.5. The number of benzene rings is 1. The zero-order valence-corrected chi connectivity index (χ0v) is 18.0. The molecule has 0 aliphatic carbocycles. The Morgan fingerprint density at radius 2 is 1.71 bits per heavy atom. The van der Waals surface area contributed by atoms with Crippen molar-refractivity contribution in [3.8, 4) is 17.2 Å². The lowest BCUT2D eigenvalue weighted by atomic mass is 10.1. The van der Waals surface area contributed by atoms with Gasteiger partial charge in [-0.05, 0) is 29.0 Å². The summed E-state index contributed by atoms with van der Waals surface area (Å²) in [6.07, 6.45) is 2.05. The van der Waals surface area contributed by atoms with E-state index in [0.717, 1.165) is 10.8 Å². The van der Waals surface area contributed by atoms with Crippen LogP contribution in [0.25, 0.3) is 6.08 Å². The summed E-state index contributed by atoms with van der Waals surface area (Å²) in [5.41, 5.74) is 4.77. The van der Waals surface area contributed by atoms with Crippen LogP contribution in [0.2, 0.25) is 39.3 Å². The van der Waals surface area contributed by atoms with Crippen LogP contribution in [-0.4, -0.2) is 36.3 Å². The van der Waals surface area contributed by atoms with Crippen molar-refractivity contribution in [3.63, 3.8) is 0 Å². The number of hydrogen-bond donors (Lipinski definition) is 0. The van der Waals surface area contributed by atoms with E-state index in [0.29, 0.717) is 11.3 Å². The Balaban J connectivity index is 3.51. The molecule has 24 heavy (non-hydrogen) atoms. The van der Waals surface area contributed by atoms with Crippen LogP contribution in [0, 0.1) is 11.5 Å². The molecule has 0 N–H and O–H groups in total. The molecule has 0 radical (unpaired) electrons. The van der Waals surface area contributed by atoms with Gasteiger partial charge in [-0.3, -0.25) is 0 Å². The summed E-state index contributed by atoms with van der Waals surface area (Å²) in [5, 5.41) is 1.14. The molecule has 0 atom stereocenters. The summed E-state index contributed by atoms with van der Waals surface area (Å²) in [5.74, 6) is 3.68. The number of carbonyl (C=O) groups excluding carboxylic acids is 1. The van der Waals surface area contributed by atoms with Gasteiger partial charge in [0.25, 0.3) is 0 Å². The average Bonchev–Trinajstić information content (AvgIpc) is 2.48. The lowest BCUT2D eigenvalue weighted by molar-refractivity contribution is 0.0600. The van der Waals surface area contributed by atoms with E-state index in [2.05, 4.69) is 50.7 Å². The molecule has 1 aromatic carbocycles. The van der Waals surface area contributed by atoms with E-state index in [-0.39, 0.29) is 5.97 Å². The zero-order valence-electron chi connectivity index (χ0n) is 16.0. The third-order valence-electron chi connectivity index (χ3n) is 3.35. The average molecular weight is 361 g/mol. The molecule has 5 heteroatoms. The Morgan fingerprint density at radius 1 is 1.08 bits per heavy atom. The SMILES string of the molecule is COC(=O)c1cc(OC)ccc1/C=C(\C#C[Si](C)(C)C)[Si](C)(C)C. The predicted molar refractivity (Wildman–Crippen MR) is 107 cm³/mol. The van der Waals surface area contributed by atoms with Crippen molar-refractivity contribution in [3.05, 3.63) is 34.5 Å². The quantitative estimate of drug-likeness (QED) is 0.446. The van der Waals surface area contributed by atoms with Gasteiger partial charge in [-0.15, -0.1) is 5.54 Å². The first-order chi connectivity index (χ1) is 11.0. The summed E-state index contributed by atoms with van der Waals surface area (Å²) >= 11 is 0.